The number of hydrogen-bond acceptors (Lipinski definition) is 7. The number of H-pyrrole nitrogens is 1. The number of rotatable bonds is 4. The van der Waals surface area contributed by atoms with Gasteiger partial charge in [-0.25, -0.2) is 4.98 Å². The molecule has 122 valence electrons. The molecular weight excluding hydrogens is 333 g/mol. The topological polar surface area (TPSA) is 111 Å². The molecule has 0 fully saturated rings. The SMILES string of the molecule is CCn1ncc(CSc2nc(N)nc3n[nH]nc23)c1C(F)(F)F. The van der Waals surface area contributed by atoms with Gasteiger partial charge in [0, 0.05) is 17.9 Å². The number of alkyl halides is 3. The van der Waals surface area contributed by atoms with Crippen molar-refractivity contribution in [3.63, 3.8) is 0 Å². The highest BCUT2D eigenvalue weighted by Crippen LogP contribution is 2.35. The average Bonchev–Trinajstić information content (AvgIpc) is 3.09. The van der Waals surface area contributed by atoms with Gasteiger partial charge in [-0.2, -0.15) is 33.6 Å². The number of anilines is 1. The predicted octanol–water partition coefficient (Wildman–Crippen LogP) is 1.86. The summed E-state index contributed by atoms with van der Waals surface area (Å²) in [6.45, 7) is 1.73. The van der Waals surface area contributed by atoms with Gasteiger partial charge in [-0.1, -0.05) is 11.8 Å². The van der Waals surface area contributed by atoms with Crippen molar-refractivity contribution in [1.29, 1.82) is 0 Å². The molecule has 3 N–H and O–H groups in total. The number of nitrogen functional groups attached to an aromatic ring is 1. The average molecular weight is 344 g/mol. The first-order valence-corrected chi connectivity index (χ1v) is 7.47. The van der Waals surface area contributed by atoms with Crippen molar-refractivity contribution < 1.29 is 13.2 Å². The summed E-state index contributed by atoms with van der Waals surface area (Å²) in [4.78, 5) is 7.88. The van der Waals surface area contributed by atoms with Crippen LogP contribution in [0.25, 0.3) is 11.2 Å². The lowest BCUT2D eigenvalue weighted by molar-refractivity contribution is -0.144. The molecule has 12 heteroatoms. The molecule has 0 radical (unpaired) electrons. The maximum atomic E-state index is 13.2. The van der Waals surface area contributed by atoms with E-state index >= 15 is 0 Å². The Labute approximate surface area is 131 Å². The number of fused-ring (bicyclic) bond motifs is 1. The van der Waals surface area contributed by atoms with E-state index in [1.165, 1.54) is 6.20 Å². The standard InChI is InChI=1S/C11H11F3N8S/c1-2-22-7(11(12,13)14)5(3-16-22)4-23-9-6-8(20-21-19-6)17-10(15)18-9/h3H,2,4H2,1H3,(H3,15,17,18,19,20,21). The number of nitrogens with zero attached hydrogens (tertiary/aromatic N) is 6. The lowest BCUT2D eigenvalue weighted by Gasteiger charge is -2.11. The Morgan fingerprint density at radius 1 is 1.30 bits per heavy atom. The molecule has 0 aliphatic carbocycles. The van der Waals surface area contributed by atoms with Crippen LogP contribution in [0, 0.1) is 0 Å². The van der Waals surface area contributed by atoms with Gasteiger partial charge < -0.3 is 5.73 Å². The second-order valence-electron chi connectivity index (χ2n) is 4.50. The fourth-order valence-corrected chi connectivity index (χ4v) is 3.02. The van der Waals surface area contributed by atoms with Crippen LogP contribution in [-0.4, -0.2) is 35.2 Å². The number of nitrogens with two attached hydrogens (primary N) is 1. The molecule has 3 aromatic heterocycles. The number of aromatic amines is 1. The third kappa shape index (κ3) is 2.93. The highest BCUT2D eigenvalue weighted by atomic mass is 32.2. The van der Waals surface area contributed by atoms with E-state index in [-0.39, 0.29) is 29.5 Å². The fraction of sp³-hybridized carbons (Fsp3) is 0.364. The Morgan fingerprint density at radius 2 is 2.09 bits per heavy atom. The molecule has 3 aromatic rings. The second-order valence-corrected chi connectivity index (χ2v) is 5.47. The third-order valence-corrected chi connectivity index (χ3v) is 4.03. The van der Waals surface area contributed by atoms with Gasteiger partial charge in [-0.05, 0) is 6.92 Å². The maximum absolute atomic E-state index is 13.2. The van der Waals surface area contributed by atoms with Crippen LogP contribution in [0.1, 0.15) is 18.2 Å². The molecule has 0 amide bonds. The van der Waals surface area contributed by atoms with Crippen LogP contribution in [0.3, 0.4) is 0 Å². The van der Waals surface area contributed by atoms with Crippen LogP contribution in [0.5, 0.6) is 0 Å². The number of thioether (sulfide) groups is 1. The molecular formula is C11H11F3N8S. The Hall–Kier alpha value is -2.37. The summed E-state index contributed by atoms with van der Waals surface area (Å²) in [5, 5.41) is 14.2. The van der Waals surface area contributed by atoms with E-state index in [1.54, 1.807) is 6.92 Å². The number of halogens is 3. The molecule has 0 saturated heterocycles. The van der Waals surface area contributed by atoms with Crippen molar-refractivity contribution in [3.05, 3.63) is 17.5 Å². The zero-order chi connectivity index (χ0) is 16.6. The van der Waals surface area contributed by atoms with E-state index in [9.17, 15) is 13.2 Å². The number of aryl methyl sites for hydroxylation is 1. The zero-order valence-corrected chi connectivity index (χ0v) is 12.6. The molecule has 0 aliphatic heterocycles. The lowest BCUT2D eigenvalue weighted by atomic mass is 10.2. The minimum atomic E-state index is -4.48. The van der Waals surface area contributed by atoms with Gasteiger partial charge in [0.2, 0.25) is 11.6 Å². The van der Waals surface area contributed by atoms with Crippen molar-refractivity contribution in [2.24, 2.45) is 0 Å². The highest BCUT2D eigenvalue weighted by Gasteiger charge is 2.37. The van der Waals surface area contributed by atoms with Gasteiger partial charge in [0.1, 0.15) is 10.7 Å². The minimum Gasteiger partial charge on any atom is -0.368 e. The number of aromatic nitrogens is 7. The molecule has 23 heavy (non-hydrogen) atoms. The van der Waals surface area contributed by atoms with E-state index in [0.29, 0.717) is 10.5 Å². The highest BCUT2D eigenvalue weighted by molar-refractivity contribution is 7.98. The van der Waals surface area contributed by atoms with Gasteiger partial charge in [0.05, 0.1) is 6.20 Å². The molecule has 0 spiro atoms. The summed E-state index contributed by atoms with van der Waals surface area (Å²) in [5.41, 5.74) is 5.50. The Morgan fingerprint density at radius 3 is 2.78 bits per heavy atom. The van der Waals surface area contributed by atoms with Crippen molar-refractivity contribution in [1.82, 2.24) is 35.2 Å². The minimum absolute atomic E-state index is 0.0193. The van der Waals surface area contributed by atoms with Crippen molar-refractivity contribution in [3.8, 4) is 0 Å². The van der Waals surface area contributed by atoms with Gasteiger partial charge in [-0.15, -0.1) is 5.10 Å². The molecule has 0 saturated carbocycles. The van der Waals surface area contributed by atoms with E-state index in [4.69, 9.17) is 5.73 Å². The molecule has 0 aliphatic rings. The Bertz CT molecular complexity index is 840. The van der Waals surface area contributed by atoms with E-state index in [1.807, 2.05) is 0 Å². The third-order valence-electron chi connectivity index (χ3n) is 3.02. The van der Waals surface area contributed by atoms with E-state index in [2.05, 4.69) is 30.5 Å². The first-order valence-electron chi connectivity index (χ1n) is 6.48. The first kappa shape index (κ1) is 15.5. The molecule has 0 aromatic carbocycles. The van der Waals surface area contributed by atoms with Crippen molar-refractivity contribution in [2.75, 3.05) is 5.73 Å². The van der Waals surface area contributed by atoms with E-state index < -0.39 is 11.9 Å². The van der Waals surface area contributed by atoms with Crippen molar-refractivity contribution in [2.45, 2.75) is 30.4 Å². The van der Waals surface area contributed by atoms with Gasteiger partial charge in [0.15, 0.2) is 5.52 Å². The van der Waals surface area contributed by atoms with Crippen molar-refractivity contribution >= 4 is 28.9 Å². The number of nitrogens with one attached hydrogen (secondary N) is 1. The van der Waals surface area contributed by atoms with Crippen LogP contribution in [0.15, 0.2) is 11.2 Å². The van der Waals surface area contributed by atoms with Crippen LogP contribution >= 0.6 is 11.8 Å². The molecule has 8 nitrogen and oxygen atoms in total. The summed E-state index contributed by atoms with van der Waals surface area (Å²) in [6, 6.07) is 0. The molecule has 0 bridgehead atoms. The lowest BCUT2D eigenvalue weighted by Crippen LogP contribution is -2.15. The molecule has 3 heterocycles. The van der Waals surface area contributed by atoms with Crippen LogP contribution in [0.2, 0.25) is 0 Å². The molecule has 0 unspecified atom stereocenters. The second kappa shape index (κ2) is 5.68. The van der Waals surface area contributed by atoms with Gasteiger partial charge in [0.25, 0.3) is 0 Å². The van der Waals surface area contributed by atoms with Crippen LogP contribution in [0.4, 0.5) is 19.1 Å². The summed E-state index contributed by atoms with van der Waals surface area (Å²) in [7, 11) is 0. The summed E-state index contributed by atoms with van der Waals surface area (Å²) in [5.74, 6) is 0.00183. The van der Waals surface area contributed by atoms with Crippen LogP contribution < -0.4 is 5.73 Å². The van der Waals surface area contributed by atoms with Gasteiger partial charge in [-0.3, -0.25) is 4.68 Å². The fourth-order valence-electron chi connectivity index (χ4n) is 2.08. The first-order chi connectivity index (χ1) is 10.9. The summed E-state index contributed by atoms with van der Waals surface area (Å²) >= 11 is 1.07. The van der Waals surface area contributed by atoms with Crippen LogP contribution in [-0.2, 0) is 18.5 Å². The quantitative estimate of drug-likeness (QED) is 0.549. The normalized spacial score (nSPS) is 12.2. The summed E-state index contributed by atoms with van der Waals surface area (Å²) in [6.07, 6.45) is -3.26. The van der Waals surface area contributed by atoms with E-state index in [0.717, 1.165) is 16.4 Å². The Kier molecular flexibility index (Phi) is 3.83. The maximum Gasteiger partial charge on any atom is 0.433 e. The molecule has 3 rings (SSSR count). The Balaban J connectivity index is 1.91. The molecule has 0 atom stereocenters. The van der Waals surface area contributed by atoms with Gasteiger partial charge >= 0.3 is 6.18 Å². The monoisotopic (exact) mass is 344 g/mol. The smallest absolute Gasteiger partial charge is 0.368 e. The predicted molar refractivity (Wildman–Crippen MR) is 76.4 cm³/mol. The largest absolute Gasteiger partial charge is 0.433 e. The zero-order valence-electron chi connectivity index (χ0n) is 11.8. The summed E-state index contributed by atoms with van der Waals surface area (Å²) < 4.78 is 40.5. The number of hydrogen-bond donors (Lipinski definition) is 2.